The minimum absolute atomic E-state index is 0.0250. The molecular weight excluding hydrogens is 485 g/mol. The van der Waals surface area contributed by atoms with Crippen LogP contribution in [-0.4, -0.2) is 24.4 Å². The molecule has 2 N–H and O–H groups in total. The van der Waals surface area contributed by atoms with Crippen LogP contribution in [-0.2, 0) is 22.1 Å². The maximum atomic E-state index is 12.9. The van der Waals surface area contributed by atoms with Crippen molar-refractivity contribution in [1.29, 1.82) is 0 Å². The largest absolute Gasteiger partial charge is 0.466 e. The van der Waals surface area contributed by atoms with Crippen molar-refractivity contribution < 1.29 is 32.3 Å². The van der Waals surface area contributed by atoms with Crippen LogP contribution >= 0.6 is 0 Å². The van der Waals surface area contributed by atoms with Crippen molar-refractivity contribution >= 4 is 29.2 Å². The first kappa shape index (κ1) is 25.9. The van der Waals surface area contributed by atoms with E-state index in [2.05, 4.69) is 10.6 Å². The molecule has 1 atom stereocenters. The average molecular weight is 511 g/mol. The molecule has 37 heavy (non-hydrogen) atoms. The van der Waals surface area contributed by atoms with Gasteiger partial charge in [0.1, 0.15) is 0 Å². The Kier molecular flexibility index (Phi) is 7.61. The molecule has 192 valence electrons. The van der Waals surface area contributed by atoms with Crippen molar-refractivity contribution in [2.24, 2.45) is 5.92 Å². The number of benzene rings is 3. The van der Waals surface area contributed by atoms with Gasteiger partial charge < -0.3 is 15.4 Å². The van der Waals surface area contributed by atoms with Gasteiger partial charge in [-0.3, -0.25) is 9.59 Å². The van der Waals surface area contributed by atoms with E-state index in [1.807, 2.05) is 12.1 Å². The Morgan fingerprint density at radius 2 is 1.65 bits per heavy atom. The minimum atomic E-state index is -4.50. The zero-order valence-electron chi connectivity index (χ0n) is 20.0. The molecule has 0 aliphatic heterocycles. The zero-order chi connectivity index (χ0) is 26.6. The summed E-state index contributed by atoms with van der Waals surface area (Å²) < 4.78 is 43.6. The second kappa shape index (κ2) is 10.9. The van der Waals surface area contributed by atoms with Crippen LogP contribution in [0.5, 0.6) is 0 Å². The highest BCUT2D eigenvalue weighted by molar-refractivity contribution is 6.02. The van der Waals surface area contributed by atoms with Crippen LogP contribution in [0.3, 0.4) is 0 Å². The standard InChI is InChI=1S/C28H25F3N2O4/c1-2-37-25(34)15-20-7-6-19-14-18(10-13-24(19)26(20)35)17-8-11-22(12-9-17)32-27(36)33-23-5-3-4-21(16-23)28(29,30)31/h3-5,8-14,16,20H,2,6-7,15H2,1H3,(H2,32,33,36). The molecule has 9 heteroatoms. The Bertz CT molecular complexity index is 1320. The third-order valence-electron chi connectivity index (χ3n) is 6.15. The molecule has 6 nitrogen and oxygen atoms in total. The average Bonchev–Trinajstić information content (AvgIpc) is 2.86. The van der Waals surface area contributed by atoms with Crippen LogP contribution in [0.25, 0.3) is 11.1 Å². The van der Waals surface area contributed by atoms with Gasteiger partial charge in [0.05, 0.1) is 18.6 Å². The predicted octanol–water partition coefficient (Wildman–Crippen LogP) is 6.71. The fraction of sp³-hybridized carbons (Fsp3) is 0.250. The molecule has 1 aliphatic carbocycles. The lowest BCUT2D eigenvalue weighted by Crippen LogP contribution is -2.25. The summed E-state index contributed by atoms with van der Waals surface area (Å²) >= 11 is 0. The summed E-state index contributed by atoms with van der Waals surface area (Å²) in [5.74, 6) is -0.782. The molecule has 0 aromatic heterocycles. The number of Topliss-reactive ketones (excluding diaryl/α,β-unsaturated/α-hetero) is 1. The molecule has 3 aromatic carbocycles. The van der Waals surface area contributed by atoms with Crippen LogP contribution in [0.4, 0.5) is 29.3 Å². The van der Waals surface area contributed by atoms with E-state index in [4.69, 9.17) is 4.74 Å². The van der Waals surface area contributed by atoms with Crippen molar-refractivity contribution in [1.82, 2.24) is 0 Å². The Morgan fingerprint density at radius 3 is 2.35 bits per heavy atom. The summed E-state index contributed by atoms with van der Waals surface area (Å²) in [6.07, 6.45) is -3.16. The number of nitrogens with one attached hydrogen (secondary N) is 2. The monoisotopic (exact) mass is 510 g/mol. The lowest BCUT2D eigenvalue weighted by molar-refractivity contribution is -0.144. The number of ketones is 1. The minimum Gasteiger partial charge on any atom is -0.466 e. The number of anilines is 2. The number of carbonyl (C=O) groups is 3. The first-order valence-electron chi connectivity index (χ1n) is 11.8. The van der Waals surface area contributed by atoms with Crippen molar-refractivity contribution in [3.05, 3.63) is 83.4 Å². The summed E-state index contributed by atoms with van der Waals surface area (Å²) in [6, 6.07) is 16.3. The number of ether oxygens (including phenoxy) is 1. The number of halogens is 3. The summed E-state index contributed by atoms with van der Waals surface area (Å²) in [6.45, 7) is 2.02. The van der Waals surface area contributed by atoms with E-state index in [-0.39, 0.29) is 36.4 Å². The summed E-state index contributed by atoms with van der Waals surface area (Å²) in [4.78, 5) is 36.9. The number of aryl methyl sites for hydroxylation is 1. The van der Waals surface area contributed by atoms with Gasteiger partial charge in [0, 0.05) is 22.9 Å². The van der Waals surface area contributed by atoms with Gasteiger partial charge in [0.2, 0.25) is 0 Å². The Labute approximate surface area is 211 Å². The molecule has 0 spiro atoms. The fourth-order valence-corrected chi connectivity index (χ4v) is 4.33. The van der Waals surface area contributed by atoms with Gasteiger partial charge in [-0.05, 0) is 66.8 Å². The van der Waals surface area contributed by atoms with Crippen LogP contribution in [0.15, 0.2) is 66.7 Å². The lowest BCUT2D eigenvalue weighted by atomic mass is 9.80. The van der Waals surface area contributed by atoms with Crippen LogP contribution in [0, 0.1) is 5.92 Å². The molecule has 0 radical (unpaired) electrons. The first-order chi connectivity index (χ1) is 17.6. The molecule has 3 aromatic rings. The van der Waals surface area contributed by atoms with Gasteiger partial charge in [0.15, 0.2) is 5.78 Å². The normalized spacial score (nSPS) is 15.0. The number of esters is 1. The third-order valence-corrected chi connectivity index (χ3v) is 6.15. The summed E-state index contributed by atoms with van der Waals surface area (Å²) in [5.41, 5.74) is 2.94. The molecule has 1 unspecified atom stereocenters. The number of hydrogen-bond acceptors (Lipinski definition) is 4. The van der Waals surface area contributed by atoms with Gasteiger partial charge in [-0.15, -0.1) is 0 Å². The van der Waals surface area contributed by atoms with Crippen molar-refractivity contribution in [2.45, 2.75) is 32.4 Å². The third kappa shape index (κ3) is 6.35. The number of amides is 2. The molecular formula is C28H25F3N2O4. The lowest BCUT2D eigenvalue weighted by Gasteiger charge is -2.23. The number of alkyl halides is 3. The highest BCUT2D eigenvalue weighted by Gasteiger charge is 2.31. The Hall–Kier alpha value is -4.14. The predicted molar refractivity (Wildman–Crippen MR) is 133 cm³/mol. The van der Waals surface area contributed by atoms with Gasteiger partial charge >= 0.3 is 18.2 Å². The van der Waals surface area contributed by atoms with E-state index >= 15 is 0 Å². The van der Waals surface area contributed by atoms with Gasteiger partial charge in [-0.1, -0.05) is 36.4 Å². The molecule has 0 heterocycles. The first-order valence-corrected chi connectivity index (χ1v) is 11.8. The van der Waals surface area contributed by atoms with E-state index in [1.54, 1.807) is 37.3 Å². The Balaban J connectivity index is 1.40. The molecule has 0 saturated carbocycles. The zero-order valence-corrected chi connectivity index (χ0v) is 20.0. The van der Waals surface area contributed by atoms with Crippen LogP contribution in [0.2, 0.25) is 0 Å². The number of hydrogen-bond donors (Lipinski definition) is 2. The second-order valence-electron chi connectivity index (χ2n) is 8.72. The highest BCUT2D eigenvalue weighted by atomic mass is 19.4. The number of urea groups is 1. The summed E-state index contributed by atoms with van der Waals surface area (Å²) in [5, 5.41) is 5.00. The topological polar surface area (TPSA) is 84.5 Å². The Morgan fingerprint density at radius 1 is 0.946 bits per heavy atom. The van der Waals surface area contributed by atoms with Crippen LogP contribution in [0.1, 0.15) is 41.3 Å². The van der Waals surface area contributed by atoms with Gasteiger partial charge in [-0.2, -0.15) is 13.2 Å². The number of carbonyl (C=O) groups excluding carboxylic acids is 3. The van der Waals surface area contributed by atoms with Crippen LogP contribution < -0.4 is 10.6 Å². The SMILES string of the molecule is CCOC(=O)CC1CCc2cc(-c3ccc(NC(=O)Nc4cccc(C(F)(F)F)c4)cc3)ccc2C1=O. The maximum Gasteiger partial charge on any atom is 0.416 e. The van der Waals surface area contributed by atoms with Gasteiger partial charge in [-0.25, -0.2) is 4.79 Å². The smallest absolute Gasteiger partial charge is 0.416 e. The van der Waals surface area contributed by atoms with Crippen molar-refractivity contribution in [3.63, 3.8) is 0 Å². The highest BCUT2D eigenvalue weighted by Crippen LogP contribution is 2.32. The van der Waals surface area contributed by atoms with Crippen molar-refractivity contribution in [2.75, 3.05) is 17.2 Å². The fourth-order valence-electron chi connectivity index (χ4n) is 4.33. The number of rotatable bonds is 6. The summed E-state index contributed by atoms with van der Waals surface area (Å²) in [7, 11) is 0. The molecule has 0 fully saturated rings. The van der Waals surface area contributed by atoms with E-state index in [9.17, 15) is 27.6 Å². The molecule has 1 aliphatic rings. The molecule has 2 amide bonds. The quantitative estimate of drug-likeness (QED) is 0.361. The maximum absolute atomic E-state index is 12.9. The van der Waals surface area contributed by atoms with Crippen molar-refractivity contribution in [3.8, 4) is 11.1 Å². The second-order valence-corrected chi connectivity index (χ2v) is 8.72. The van der Waals surface area contributed by atoms with E-state index in [1.165, 1.54) is 12.1 Å². The van der Waals surface area contributed by atoms with Gasteiger partial charge in [0.25, 0.3) is 0 Å². The molecule has 0 bridgehead atoms. The molecule has 4 rings (SSSR count). The van der Waals surface area contributed by atoms with E-state index < -0.39 is 17.8 Å². The van der Waals surface area contributed by atoms with E-state index in [0.29, 0.717) is 24.1 Å². The van der Waals surface area contributed by atoms with E-state index in [0.717, 1.165) is 28.8 Å². The molecule has 0 saturated heterocycles. The number of fused-ring (bicyclic) bond motifs is 1.